The van der Waals surface area contributed by atoms with Gasteiger partial charge in [-0.1, -0.05) is 167 Å². The number of nitrogens with one attached hydrogen (secondary N) is 1. The molecule has 2 atom stereocenters. The molecule has 57 heavy (non-hydrogen) atoms. The van der Waals surface area contributed by atoms with E-state index in [1.54, 1.807) is 0 Å². The van der Waals surface area contributed by atoms with Crippen LogP contribution in [-0.2, 0) is 0 Å². The molecule has 2 aromatic heterocycles. The third-order valence-corrected chi connectivity index (χ3v) is 14.8. The van der Waals surface area contributed by atoms with Crippen molar-refractivity contribution in [2.75, 3.05) is 6.67 Å². The standard InChI is InChI=1S/C51H43N5Si/c52-34-54-51(36-25-30-41(31-26-36)57(39-13-3-1-4-14-39)40-15-5-2-6-16-40)50(53)35-23-27-37(28-24-35)55-48-22-12-9-19-44(48)45-33-38(29-32-49(45)55)56-46-20-10-7-17-42(46)43-18-8-11-21-47(43)56/h1-33,50-51,54,57H,34,52-53H2/t50-,51?/m0/s1. The summed E-state index contributed by atoms with van der Waals surface area (Å²) < 4.78 is 4.75. The molecule has 10 aromatic rings. The molecular formula is C51H43N5Si. The number of nitrogens with zero attached hydrogens (tertiary/aromatic N) is 2. The molecule has 0 aliphatic carbocycles. The molecule has 6 heteroatoms. The number of aromatic nitrogens is 2. The first kappa shape index (κ1) is 34.9. The van der Waals surface area contributed by atoms with Gasteiger partial charge in [0.1, 0.15) is 8.80 Å². The average Bonchev–Trinajstić information content (AvgIpc) is 3.79. The van der Waals surface area contributed by atoms with Gasteiger partial charge in [-0.3, -0.25) is 5.32 Å². The Hall–Kier alpha value is -6.54. The lowest BCUT2D eigenvalue weighted by Crippen LogP contribution is -2.51. The lowest BCUT2D eigenvalue weighted by Gasteiger charge is -2.26. The lowest BCUT2D eigenvalue weighted by molar-refractivity contribution is 0.460. The highest BCUT2D eigenvalue weighted by Crippen LogP contribution is 2.37. The fraction of sp³-hybridized carbons (Fsp3) is 0.0588. The number of hydrogen-bond acceptors (Lipinski definition) is 3. The predicted molar refractivity (Wildman–Crippen MR) is 242 cm³/mol. The van der Waals surface area contributed by atoms with Crippen molar-refractivity contribution in [2.24, 2.45) is 11.5 Å². The van der Waals surface area contributed by atoms with Crippen molar-refractivity contribution in [2.45, 2.75) is 12.1 Å². The van der Waals surface area contributed by atoms with Gasteiger partial charge < -0.3 is 20.6 Å². The number of benzene rings is 8. The van der Waals surface area contributed by atoms with Gasteiger partial charge in [0.25, 0.3) is 0 Å². The van der Waals surface area contributed by atoms with Crippen LogP contribution in [0.15, 0.2) is 200 Å². The molecule has 0 radical (unpaired) electrons. The van der Waals surface area contributed by atoms with Gasteiger partial charge in [0.15, 0.2) is 0 Å². The highest BCUT2D eigenvalue weighted by Gasteiger charge is 2.24. The SMILES string of the molecule is NCNC(c1ccc([SiH](c2ccccc2)c2ccccc2)cc1)[C@@H](N)c1ccc(-n2c3ccccc3c3cc(-n4c5ccccc5c5ccccc54)ccc32)cc1. The van der Waals surface area contributed by atoms with Crippen LogP contribution in [0.1, 0.15) is 23.2 Å². The number of para-hydroxylation sites is 3. The van der Waals surface area contributed by atoms with Crippen LogP contribution in [0.5, 0.6) is 0 Å². The van der Waals surface area contributed by atoms with Crippen LogP contribution in [0, 0.1) is 0 Å². The molecule has 0 saturated heterocycles. The normalized spacial score (nSPS) is 12.9. The molecule has 0 bridgehead atoms. The third kappa shape index (κ3) is 6.16. The van der Waals surface area contributed by atoms with E-state index in [1.165, 1.54) is 53.7 Å². The zero-order valence-electron chi connectivity index (χ0n) is 31.5. The Balaban J connectivity index is 0.985. The Labute approximate surface area is 334 Å². The second-order valence-corrected chi connectivity index (χ2v) is 17.7. The minimum Gasteiger partial charge on any atom is -0.322 e. The summed E-state index contributed by atoms with van der Waals surface area (Å²) in [5.74, 6) is 0. The molecule has 1 unspecified atom stereocenters. The minimum absolute atomic E-state index is 0.157. The second-order valence-electron chi connectivity index (χ2n) is 14.8. The maximum atomic E-state index is 7.11. The second kappa shape index (κ2) is 14.8. The highest BCUT2D eigenvalue weighted by atomic mass is 28.3. The van der Waals surface area contributed by atoms with Crippen LogP contribution in [0.4, 0.5) is 0 Å². The van der Waals surface area contributed by atoms with E-state index in [0.29, 0.717) is 6.67 Å². The van der Waals surface area contributed by atoms with Crippen molar-refractivity contribution >= 4 is 68.0 Å². The van der Waals surface area contributed by atoms with E-state index in [0.717, 1.165) is 28.0 Å². The Morgan fingerprint density at radius 3 is 1.39 bits per heavy atom. The Morgan fingerprint density at radius 2 is 0.842 bits per heavy atom. The molecule has 2 heterocycles. The molecule has 8 aromatic carbocycles. The summed E-state index contributed by atoms with van der Waals surface area (Å²) in [6.07, 6.45) is 0. The van der Waals surface area contributed by atoms with Crippen LogP contribution >= 0.6 is 0 Å². The topological polar surface area (TPSA) is 73.9 Å². The highest BCUT2D eigenvalue weighted by molar-refractivity contribution is 6.95. The van der Waals surface area contributed by atoms with Crippen molar-refractivity contribution < 1.29 is 0 Å². The van der Waals surface area contributed by atoms with Gasteiger partial charge in [0, 0.05) is 45.6 Å². The summed E-state index contributed by atoms with van der Waals surface area (Å²) in [4.78, 5) is 0. The third-order valence-electron chi connectivity index (χ3n) is 11.6. The first-order chi connectivity index (χ1) is 28.2. The molecule has 276 valence electrons. The molecule has 0 amide bonds. The first-order valence-corrected chi connectivity index (χ1v) is 21.4. The van der Waals surface area contributed by atoms with Crippen molar-refractivity contribution in [3.8, 4) is 11.4 Å². The molecular weight excluding hydrogens is 711 g/mol. The van der Waals surface area contributed by atoms with E-state index in [2.05, 4.69) is 215 Å². The van der Waals surface area contributed by atoms with Gasteiger partial charge in [-0.05, 0) is 59.7 Å². The largest absolute Gasteiger partial charge is 0.322 e. The average molecular weight is 754 g/mol. The Kier molecular flexibility index (Phi) is 9.09. The van der Waals surface area contributed by atoms with Gasteiger partial charge >= 0.3 is 0 Å². The smallest absolute Gasteiger partial charge is 0.132 e. The summed E-state index contributed by atoms with van der Waals surface area (Å²) in [6.45, 7) is 0.321. The van der Waals surface area contributed by atoms with E-state index in [4.69, 9.17) is 11.5 Å². The van der Waals surface area contributed by atoms with E-state index < -0.39 is 8.80 Å². The molecule has 0 aliphatic heterocycles. The van der Waals surface area contributed by atoms with Crippen LogP contribution in [0.2, 0.25) is 0 Å². The molecule has 5 nitrogen and oxygen atoms in total. The van der Waals surface area contributed by atoms with Gasteiger partial charge in [-0.2, -0.15) is 0 Å². The number of nitrogens with two attached hydrogens (primary N) is 2. The number of rotatable bonds is 10. The number of hydrogen-bond donors (Lipinski definition) is 3. The van der Waals surface area contributed by atoms with Crippen LogP contribution in [0.3, 0.4) is 0 Å². The van der Waals surface area contributed by atoms with Crippen LogP contribution in [0.25, 0.3) is 55.0 Å². The fourth-order valence-corrected chi connectivity index (χ4v) is 11.9. The van der Waals surface area contributed by atoms with E-state index >= 15 is 0 Å². The van der Waals surface area contributed by atoms with Crippen LogP contribution < -0.4 is 32.3 Å². The summed E-state index contributed by atoms with van der Waals surface area (Å²) in [6, 6.07) is 72.0. The monoisotopic (exact) mass is 753 g/mol. The molecule has 5 N–H and O–H groups in total. The lowest BCUT2D eigenvalue weighted by atomic mass is 9.94. The predicted octanol–water partition coefficient (Wildman–Crippen LogP) is 8.38. The molecule has 0 fully saturated rings. The van der Waals surface area contributed by atoms with Gasteiger partial charge in [-0.25, -0.2) is 0 Å². The first-order valence-electron chi connectivity index (χ1n) is 19.7. The van der Waals surface area contributed by atoms with Crippen molar-refractivity contribution in [1.29, 1.82) is 0 Å². The summed E-state index contributed by atoms with van der Waals surface area (Å²) >= 11 is 0. The summed E-state index contributed by atoms with van der Waals surface area (Å²) in [7, 11) is -1.64. The van der Waals surface area contributed by atoms with E-state index in [9.17, 15) is 0 Å². The van der Waals surface area contributed by atoms with Gasteiger partial charge in [0.2, 0.25) is 0 Å². The van der Waals surface area contributed by atoms with E-state index in [1.807, 2.05) is 0 Å². The number of fused-ring (bicyclic) bond motifs is 6. The van der Waals surface area contributed by atoms with Crippen molar-refractivity contribution in [1.82, 2.24) is 14.5 Å². The molecule has 0 saturated carbocycles. The Bertz CT molecular complexity index is 2900. The summed E-state index contributed by atoms with van der Waals surface area (Å²) in [5, 5.41) is 12.6. The molecule has 10 rings (SSSR count). The van der Waals surface area contributed by atoms with Gasteiger partial charge in [-0.15, -0.1) is 0 Å². The minimum atomic E-state index is -1.64. The van der Waals surface area contributed by atoms with E-state index in [-0.39, 0.29) is 12.1 Å². The zero-order valence-corrected chi connectivity index (χ0v) is 32.7. The van der Waals surface area contributed by atoms with Crippen molar-refractivity contribution in [3.05, 3.63) is 211 Å². The molecule has 0 aliphatic rings. The quantitative estimate of drug-likeness (QED) is 0.0747. The fourth-order valence-electron chi connectivity index (χ4n) is 8.96. The van der Waals surface area contributed by atoms with Gasteiger partial charge in [0.05, 0.1) is 28.1 Å². The Morgan fingerprint density at radius 1 is 0.421 bits per heavy atom. The van der Waals surface area contributed by atoms with Crippen LogP contribution in [-0.4, -0.2) is 24.6 Å². The molecule has 0 spiro atoms. The maximum Gasteiger partial charge on any atom is 0.132 e. The summed E-state index contributed by atoms with van der Waals surface area (Å²) in [5.41, 5.74) is 22.4. The zero-order chi connectivity index (χ0) is 38.3. The van der Waals surface area contributed by atoms with Crippen molar-refractivity contribution in [3.63, 3.8) is 0 Å². The maximum absolute atomic E-state index is 7.11.